The molecule has 0 amide bonds. The van der Waals surface area contributed by atoms with Crippen molar-refractivity contribution in [3.05, 3.63) is 35.9 Å². The van der Waals surface area contributed by atoms with E-state index in [0.717, 1.165) is 23.7 Å². The second-order valence-corrected chi connectivity index (χ2v) is 9.19. The third-order valence-electron chi connectivity index (χ3n) is 8.74. The molecule has 0 aromatic heterocycles. The lowest BCUT2D eigenvalue weighted by molar-refractivity contribution is -0.936. The Kier molecular flexibility index (Phi) is 3.26. The summed E-state index contributed by atoms with van der Waals surface area (Å²) < 4.78 is 0. The summed E-state index contributed by atoms with van der Waals surface area (Å²) >= 11 is 0. The van der Waals surface area contributed by atoms with Gasteiger partial charge in [0.25, 0.3) is 0 Å². The molecule has 2 saturated heterocycles. The van der Waals surface area contributed by atoms with Crippen molar-refractivity contribution < 1.29 is 22.4 Å². The fourth-order valence-corrected chi connectivity index (χ4v) is 8.11. The van der Waals surface area contributed by atoms with Gasteiger partial charge in [0.05, 0.1) is 13.1 Å². The molecule has 0 radical (unpaired) electrons. The molecule has 4 aliphatic carbocycles. The van der Waals surface area contributed by atoms with Crippen molar-refractivity contribution >= 4 is 0 Å². The summed E-state index contributed by atoms with van der Waals surface area (Å²) in [7, 11) is 0. The van der Waals surface area contributed by atoms with Gasteiger partial charge in [-0.15, -0.1) is 0 Å². The number of hydrogen-bond acceptors (Lipinski definition) is 1. The molecule has 1 aromatic carbocycles. The highest BCUT2D eigenvalue weighted by Gasteiger charge is 2.77. The van der Waals surface area contributed by atoms with Gasteiger partial charge < -0.3 is 22.4 Å². The van der Waals surface area contributed by atoms with Crippen LogP contribution in [0.3, 0.4) is 0 Å². The maximum atomic E-state index is 12.5. The Balaban J connectivity index is 0.00000131. The first-order valence-corrected chi connectivity index (χ1v) is 9.89. The van der Waals surface area contributed by atoms with Gasteiger partial charge in [-0.05, 0) is 42.1 Å². The molecule has 6 aliphatic rings. The van der Waals surface area contributed by atoms with Crippen LogP contribution in [-0.4, -0.2) is 23.7 Å². The first-order chi connectivity index (χ1) is 11.3. The number of fused-ring (bicyclic) bond motifs is 1. The molecule has 6 fully saturated rings. The molecule has 3 heteroatoms. The number of aliphatic hydroxyl groups is 1. The van der Waals surface area contributed by atoms with E-state index >= 15 is 0 Å². The van der Waals surface area contributed by atoms with Crippen molar-refractivity contribution in [3.8, 4) is 0 Å². The Morgan fingerprint density at radius 1 is 1.00 bits per heavy atom. The van der Waals surface area contributed by atoms with Gasteiger partial charge in [0.15, 0.2) is 0 Å². The van der Waals surface area contributed by atoms with Crippen LogP contribution in [0.4, 0.5) is 0 Å². The van der Waals surface area contributed by atoms with Crippen molar-refractivity contribution in [2.24, 2.45) is 29.6 Å². The summed E-state index contributed by atoms with van der Waals surface area (Å²) in [6, 6.07) is 10.9. The molecule has 2 N–H and O–H groups in total. The van der Waals surface area contributed by atoms with Gasteiger partial charge in [0, 0.05) is 31.6 Å². The third kappa shape index (κ3) is 1.61. The number of rotatable bonds is 3. The average Bonchev–Trinajstić information content (AvgIpc) is 3.19. The largest absolute Gasteiger partial charge is 1.00 e. The monoisotopic (exact) mass is 345 g/mol. The second-order valence-electron chi connectivity index (χ2n) is 9.19. The standard InChI is InChI=1S/C21H27NO.ClH/c23-21(15-6-2-1-3-7-15,19-14-12-16-17(13-14)18(16)19)20-8-4-10-22(20)11-5-9-20;/h1-3,6-7,14,16-19,23H,4-5,8-13H2;1H/t14?,16-,17+,18?,19-,21-;/m1./s1. The zero-order chi connectivity index (χ0) is 15.2. The summed E-state index contributed by atoms with van der Waals surface area (Å²) in [6.07, 6.45) is 7.91. The van der Waals surface area contributed by atoms with Gasteiger partial charge in [-0.2, -0.15) is 0 Å². The highest BCUT2D eigenvalue weighted by Crippen LogP contribution is 2.77. The quantitative estimate of drug-likeness (QED) is 0.721. The molecule has 2 unspecified atom stereocenters. The normalized spacial score (nSPS) is 49.5. The number of quaternary nitrogens is 1. The van der Waals surface area contributed by atoms with E-state index in [1.807, 2.05) is 0 Å². The highest BCUT2D eigenvalue weighted by molar-refractivity contribution is 5.34. The minimum atomic E-state index is -0.577. The molecule has 130 valence electrons. The molecule has 2 aliphatic heterocycles. The lowest BCUT2D eigenvalue weighted by Crippen LogP contribution is -3.18. The van der Waals surface area contributed by atoms with Crippen LogP contribution in [0.5, 0.6) is 0 Å². The predicted octanol–water partition coefficient (Wildman–Crippen LogP) is -1.01. The van der Waals surface area contributed by atoms with Crippen LogP contribution in [0.25, 0.3) is 0 Å². The van der Waals surface area contributed by atoms with Gasteiger partial charge in [0.2, 0.25) is 0 Å². The Morgan fingerprint density at radius 3 is 2.17 bits per heavy atom. The minimum absolute atomic E-state index is 0. The van der Waals surface area contributed by atoms with Crippen LogP contribution >= 0.6 is 0 Å². The maximum Gasteiger partial charge on any atom is 0.147 e. The van der Waals surface area contributed by atoms with Gasteiger partial charge in [-0.25, -0.2) is 0 Å². The number of benzene rings is 1. The first kappa shape index (κ1) is 15.7. The lowest BCUT2D eigenvalue weighted by atomic mass is 9.63. The molecule has 0 spiro atoms. The third-order valence-corrected chi connectivity index (χ3v) is 8.74. The van der Waals surface area contributed by atoms with E-state index in [2.05, 4.69) is 30.3 Å². The maximum absolute atomic E-state index is 12.5. The number of halogens is 1. The Morgan fingerprint density at radius 2 is 1.62 bits per heavy atom. The fourth-order valence-electron chi connectivity index (χ4n) is 8.11. The molecule has 2 nitrogen and oxygen atoms in total. The zero-order valence-electron chi connectivity index (χ0n) is 14.3. The Bertz CT molecular complexity index is 624. The van der Waals surface area contributed by atoms with Gasteiger partial charge in [0.1, 0.15) is 11.1 Å². The summed E-state index contributed by atoms with van der Waals surface area (Å²) in [5.41, 5.74) is 0.778. The van der Waals surface area contributed by atoms with E-state index in [4.69, 9.17) is 0 Å². The van der Waals surface area contributed by atoms with Crippen LogP contribution in [0.1, 0.15) is 44.1 Å². The fraction of sp³-hybridized carbons (Fsp3) is 0.714. The van der Waals surface area contributed by atoms with Gasteiger partial charge in [-0.1, -0.05) is 30.3 Å². The molecule has 6 atom stereocenters. The summed E-state index contributed by atoms with van der Waals surface area (Å²) in [4.78, 5) is 1.73. The summed E-state index contributed by atoms with van der Waals surface area (Å²) in [5, 5.41) is 12.5. The predicted molar refractivity (Wildman–Crippen MR) is 88.9 cm³/mol. The number of nitrogens with one attached hydrogen (secondary N) is 1. The Hall–Kier alpha value is -0.570. The minimum Gasteiger partial charge on any atom is -1.00 e. The first-order valence-electron chi connectivity index (χ1n) is 9.89. The van der Waals surface area contributed by atoms with Gasteiger partial charge in [-0.3, -0.25) is 0 Å². The van der Waals surface area contributed by atoms with Crippen LogP contribution in [0, 0.1) is 29.6 Å². The van der Waals surface area contributed by atoms with Crippen LogP contribution in [-0.2, 0) is 5.60 Å². The molecule has 7 rings (SSSR count). The van der Waals surface area contributed by atoms with E-state index in [1.165, 1.54) is 57.2 Å². The molecular weight excluding hydrogens is 318 g/mol. The van der Waals surface area contributed by atoms with Crippen molar-refractivity contribution in [2.75, 3.05) is 13.1 Å². The topological polar surface area (TPSA) is 24.7 Å². The van der Waals surface area contributed by atoms with Crippen LogP contribution < -0.4 is 17.3 Å². The van der Waals surface area contributed by atoms with Crippen LogP contribution in [0.2, 0.25) is 0 Å². The van der Waals surface area contributed by atoms with Crippen molar-refractivity contribution in [2.45, 2.75) is 49.7 Å². The van der Waals surface area contributed by atoms with Crippen molar-refractivity contribution in [1.82, 2.24) is 0 Å². The smallest absolute Gasteiger partial charge is 0.147 e. The van der Waals surface area contributed by atoms with E-state index in [-0.39, 0.29) is 17.9 Å². The lowest BCUT2D eigenvalue weighted by Gasteiger charge is -2.49. The molecule has 4 saturated carbocycles. The molecule has 1 aromatic rings. The molecule has 24 heavy (non-hydrogen) atoms. The van der Waals surface area contributed by atoms with Crippen molar-refractivity contribution in [3.63, 3.8) is 0 Å². The van der Waals surface area contributed by atoms with Crippen LogP contribution in [0.15, 0.2) is 30.3 Å². The number of hydrogen-bond donors (Lipinski definition) is 2. The van der Waals surface area contributed by atoms with Gasteiger partial charge >= 0.3 is 0 Å². The van der Waals surface area contributed by atoms with E-state index in [1.54, 1.807) is 4.90 Å². The molecule has 2 heterocycles. The second kappa shape index (κ2) is 4.99. The van der Waals surface area contributed by atoms with E-state index in [0.29, 0.717) is 5.92 Å². The van der Waals surface area contributed by atoms with E-state index in [9.17, 15) is 5.11 Å². The summed E-state index contributed by atoms with van der Waals surface area (Å²) in [6.45, 7) is 2.56. The zero-order valence-corrected chi connectivity index (χ0v) is 15.0. The Labute approximate surface area is 151 Å². The van der Waals surface area contributed by atoms with E-state index < -0.39 is 5.60 Å². The molecule has 4 bridgehead atoms. The molecular formula is C21H28ClNO. The summed E-state index contributed by atoms with van der Waals surface area (Å²) in [5.74, 6) is 4.15. The van der Waals surface area contributed by atoms with Crippen molar-refractivity contribution in [1.29, 1.82) is 0 Å². The highest BCUT2D eigenvalue weighted by atomic mass is 35.5. The average molecular weight is 346 g/mol. The SMILES string of the molecule is O[C@](c1ccccc1)([C@@H]1C2C[C@@H]3C1[C@@H]3C2)C12CCC[NH+]1CCC2.[Cl-].